The molecule has 1 aliphatic rings. The van der Waals surface area contributed by atoms with Crippen molar-refractivity contribution in [2.24, 2.45) is 11.3 Å². The number of piperidine rings is 1. The maximum Gasteiger partial charge on any atom is 0.309 e. The number of anilines is 1. The number of hydrogen-bond acceptors (Lipinski definition) is 5. The van der Waals surface area contributed by atoms with Crippen molar-refractivity contribution in [3.63, 3.8) is 0 Å². The highest BCUT2D eigenvalue weighted by Gasteiger charge is 2.39. The van der Waals surface area contributed by atoms with E-state index < -0.39 is 11.4 Å². The summed E-state index contributed by atoms with van der Waals surface area (Å²) in [4.78, 5) is 27.4. The highest BCUT2D eigenvalue weighted by atomic mass is 35.5. The molecule has 0 saturated carbocycles. The van der Waals surface area contributed by atoms with Crippen LogP contribution in [0.15, 0.2) is 36.8 Å². The number of rotatable bonds is 4. The van der Waals surface area contributed by atoms with Gasteiger partial charge in [-0.05, 0) is 50.8 Å². The number of pyridine rings is 1. The quantitative estimate of drug-likeness (QED) is 0.718. The molecule has 1 N–H and O–H groups in total. The van der Waals surface area contributed by atoms with Gasteiger partial charge < -0.3 is 10.0 Å². The summed E-state index contributed by atoms with van der Waals surface area (Å²) in [5.41, 5.74) is 0.765. The van der Waals surface area contributed by atoms with E-state index in [4.69, 9.17) is 16.6 Å². The summed E-state index contributed by atoms with van der Waals surface area (Å²) in [6.07, 6.45) is 7.10. The summed E-state index contributed by atoms with van der Waals surface area (Å²) in [6.45, 7) is 5.12. The molecule has 0 spiro atoms. The third kappa shape index (κ3) is 3.30. The average molecular weight is 400 g/mol. The van der Waals surface area contributed by atoms with Crippen LogP contribution in [-0.4, -0.2) is 43.5 Å². The lowest BCUT2D eigenvalue weighted by Gasteiger charge is -2.39. The first-order valence-electron chi connectivity index (χ1n) is 9.30. The first kappa shape index (κ1) is 18.7. The Morgan fingerprint density at radius 1 is 1.29 bits per heavy atom. The molecule has 1 saturated heterocycles. The van der Waals surface area contributed by atoms with E-state index in [2.05, 4.69) is 14.9 Å². The van der Waals surface area contributed by atoms with E-state index in [0.29, 0.717) is 17.4 Å². The Bertz CT molecular complexity index is 1030. The van der Waals surface area contributed by atoms with E-state index >= 15 is 0 Å². The van der Waals surface area contributed by atoms with Crippen LogP contribution in [0.5, 0.6) is 0 Å². The van der Waals surface area contributed by atoms with Crippen LogP contribution in [0.4, 0.5) is 5.82 Å². The largest absolute Gasteiger partial charge is 0.481 e. The van der Waals surface area contributed by atoms with E-state index in [0.717, 1.165) is 36.5 Å². The SMILES string of the molecule is CC(C)(C(=O)O)C1CCCN(c2ccnc(-c3cnc4ccc(Cl)cn34)n2)C1. The fourth-order valence-electron chi connectivity index (χ4n) is 3.72. The third-order valence-corrected chi connectivity index (χ3v) is 5.88. The van der Waals surface area contributed by atoms with Crippen LogP contribution in [0.3, 0.4) is 0 Å². The van der Waals surface area contributed by atoms with Gasteiger partial charge in [-0.2, -0.15) is 0 Å². The predicted octanol–water partition coefficient (Wildman–Crippen LogP) is 3.77. The number of imidazole rings is 1. The minimum Gasteiger partial charge on any atom is -0.481 e. The van der Waals surface area contributed by atoms with Gasteiger partial charge in [0, 0.05) is 25.5 Å². The first-order chi connectivity index (χ1) is 13.4. The Hall–Kier alpha value is -2.67. The Morgan fingerprint density at radius 2 is 2.11 bits per heavy atom. The number of carboxylic acids is 1. The van der Waals surface area contributed by atoms with Gasteiger partial charge in [0.1, 0.15) is 17.2 Å². The Morgan fingerprint density at radius 3 is 2.89 bits per heavy atom. The van der Waals surface area contributed by atoms with Gasteiger partial charge >= 0.3 is 5.97 Å². The second kappa shape index (κ2) is 7.05. The lowest BCUT2D eigenvalue weighted by atomic mass is 9.74. The van der Waals surface area contributed by atoms with Crippen LogP contribution < -0.4 is 4.90 Å². The van der Waals surface area contributed by atoms with Gasteiger partial charge in [0.2, 0.25) is 0 Å². The maximum absolute atomic E-state index is 11.7. The standard InChI is InChI=1S/C20H22ClN5O2/c1-20(2,19(27)28)13-4-3-9-25(11-13)17-7-8-22-18(24-17)15-10-23-16-6-5-14(21)12-26(15)16/h5-8,10,12-13H,3-4,9,11H2,1-2H3,(H,27,28). The van der Waals surface area contributed by atoms with E-state index in [9.17, 15) is 9.90 Å². The van der Waals surface area contributed by atoms with Crippen molar-refractivity contribution in [2.75, 3.05) is 18.0 Å². The molecular formula is C20H22ClN5O2. The molecule has 0 amide bonds. The van der Waals surface area contributed by atoms with Crippen LogP contribution in [0.1, 0.15) is 26.7 Å². The molecule has 7 nitrogen and oxygen atoms in total. The molecule has 4 rings (SSSR count). The Balaban J connectivity index is 1.65. The fourth-order valence-corrected chi connectivity index (χ4v) is 3.88. The smallest absolute Gasteiger partial charge is 0.309 e. The van der Waals surface area contributed by atoms with Gasteiger partial charge in [0.05, 0.1) is 16.6 Å². The second-order valence-corrected chi connectivity index (χ2v) is 8.21. The highest BCUT2D eigenvalue weighted by molar-refractivity contribution is 6.30. The van der Waals surface area contributed by atoms with Gasteiger partial charge in [0.25, 0.3) is 0 Å². The van der Waals surface area contributed by atoms with Crippen LogP contribution in [0.2, 0.25) is 5.02 Å². The molecule has 3 aromatic rings. The van der Waals surface area contributed by atoms with Crippen LogP contribution in [-0.2, 0) is 4.79 Å². The van der Waals surface area contributed by atoms with Gasteiger partial charge in [-0.25, -0.2) is 15.0 Å². The van der Waals surface area contributed by atoms with Crippen molar-refractivity contribution >= 4 is 29.0 Å². The molecule has 1 aliphatic heterocycles. The monoisotopic (exact) mass is 399 g/mol. The second-order valence-electron chi connectivity index (χ2n) is 7.77. The average Bonchev–Trinajstić information content (AvgIpc) is 3.11. The molecule has 3 aromatic heterocycles. The van der Waals surface area contributed by atoms with Crippen LogP contribution in [0.25, 0.3) is 17.2 Å². The fraction of sp³-hybridized carbons (Fsp3) is 0.400. The van der Waals surface area contributed by atoms with E-state index in [1.165, 1.54) is 0 Å². The van der Waals surface area contributed by atoms with E-state index in [1.54, 1.807) is 38.5 Å². The zero-order chi connectivity index (χ0) is 19.9. The van der Waals surface area contributed by atoms with E-state index in [-0.39, 0.29) is 5.92 Å². The maximum atomic E-state index is 11.7. The summed E-state index contributed by atoms with van der Waals surface area (Å²) < 4.78 is 1.87. The minimum atomic E-state index is -0.771. The summed E-state index contributed by atoms with van der Waals surface area (Å²) in [5.74, 6) is 0.664. The number of fused-ring (bicyclic) bond motifs is 1. The molecule has 1 unspecified atom stereocenters. The van der Waals surface area contributed by atoms with Gasteiger partial charge in [-0.15, -0.1) is 0 Å². The molecule has 0 radical (unpaired) electrons. The molecule has 146 valence electrons. The number of nitrogens with zero attached hydrogens (tertiary/aromatic N) is 5. The normalized spacial score (nSPS) is 17.8. The topological polar surface area (TPSA) is 83.6 Å². The van der Waals surface area contributed by atoms with Crippen molar-refractivity contribution < 1.29 is 9.90 Å². The highest BCUT2D eigenvalue weighted by Crippen LogP contribution is 2.35. The predicted molar refractivity (Wildman–Crippen MR) is 108 cm³/mol. The molecule has 1 atom stereocenters. The lowest BCUT2D eigenvalue weighted by Crippen LogP contribution is -2.45. The van der Waals surface area contributed by atoms with Gasteiger partial charge in [-0.1, -0.05) is 11.6 Å². The number of aromatic nitrogens is 4. The zero-order valence-electron chi connectivity index (χ0n) is 15.8. The molecule has 28 heavy (non-hydrogen) atoms. The van der Waals surface area contributed by atoms with Crippen molar-refractivity contribution in [1.29, 1.82) is 0 Å². The summed E-state index contributed by atoms with van der Waals surface area (Å²) >= 11 is 6.13. The lowest BCUT2D eigenvalue weighted by molar-refractivity contribution is -0.150. The molecular weight excluding hydrogens is 378 g/mol. The third-order valence-electron chi connectivity index (χ3n) is 5.66. The van der Waals surface area contributed by atoms with Crippen LogP contribution in [0, 0.1) is 11.3 Å². The molecule has 4 heterocycles. The molecule has 1 fully saturated rings. The van der Waals surface area contributed by atoms with Crippen molar-refractivity contribution in [1.82, 2.24) is 19.4 Å². The number of aliphatic carboxylic acids is 1. The molecule has 0 aromatic carbocycles. The summed E-state index contributed by atoms with van der Waals surface area (Å²) in [6, 6.07) is 5.51. The number of carbonyl (C=O) groups is 1. The first-order valence-corrected chi connectivity index (χ1v) is 9.68. The molecule has 0 aliphatic carbocycles. The van der Waals surface area contributed by atoms with E-state index in [1.807, 2.05) is 16.5 Å². The molecule has 0 bridgehead atoms. The summed E-state index contributed by atoms with van der Waals surface area (Å²) in [7, 11) is 0. The van der Waals surface area contributed by atoms with Gasteiger partial charge in [-0.3, -0.25) is 9.20 Å². The van der Waals surface area contributed by atoms with Gasteiger partial charge in [0.15, 0.2) is 5.82 Å². The zero-order valence-corrected chi connectivity index (χ0v) is 16.6. The Labute approximate surface area is 168 Å². The summed E-state index contributed by atoms with van der Waals surface area (Å²) in [5, 5.41) is 10.2. The minimum absolute atomic E-state index is 0.0618. The number of carboxylic acid groups (broad SMARTS) is 1. The Kier molecular flexibility index (Phi) is 4.71. The molecule has 8 heteroatoms. The van der Waals surface area contributed by atoms with Crippen molar-refractivity contribution in [3.05, 3.63) is 41.8 Å². The van der Waals surface area contributed by atoms with Crippen molar-refractivity contribution in [3.8, 4) is 11.5 Å². The number of hydrogen-bond donors (Lipinski definition) is 1. The van der Waals surface area contributed by atoms with Crippen LogP contribution >= 0.6 is 11.6 Å². The number of halogens is 1. The van der Waals surface area contributed by atoms with Crippen molar-refractivity contribution in [2.45, 2.75) is 26.7 Å².